The Labute approximate surface area is 118 Å². The highest BCUT2D eigenvalue weighted by molar-refractivity contribution is 9.10. The van der Waals surface area contributed by atoms with Crippen LogP contribution in [0.3, 0.4) is 0 Å². The number of anilines is 1. The lowest BCUT2D eigenvalue weighted by atomic mass is 10.2. The Kier molecular flexibility index (Phi) is 3.75. The number of rotatable bonds is 2. The quantitative estimate of drug-likeness (QED) is 0.836. The molecule has 0 aliphatic heterocycles. The van der Waals surface area contributed by atoms with Crippen LogP contribution in [0.4, 0.5) is 5.69 Å². The van der Waals surface area contributed by atoms with Crippen molar-refractivity contribution in [1.29, 1.82) is 5.26 Å². The summed E-state index contributed by atoms with van der Waals surface area (Å²) in [5, 5.41) is 9.30. The Hall–Kier alpha value is -1.70. The van der Waals surface area contributed by atoms with Crippen molar-refractivity contribution in [2.45, 2.75) is 0 Å². The van der Waals surface area contributed by atoms with Crippen molar-refractivity contribution < 1.29 is 4.74 Å². The second kappa shape index (κ2) is 5.30. The molecule has 0 atom stereocenters. The van der Waals surface area contributed by atoms with Gasteiger partial charge in [-0.1, -0.05) is 27.5 Å². The van der Waals surface area contributed by atoms with Crippen LogP contribution in [0.5, 0.6) is 11.5 Å². The molecular formula is C13H8BrClN2O. The highest BCUT2D eigenvalue weighted by Crippen LogP contribution is 2.34. The first-order valence-electron chi connectivity index (χ1n) is 5.02. The van der Waals surface area contributed by atoms with Gasteiger partial charge in [-0.05, 0) is 30.3 Å². The van der Waals surface area contributed by atoms with Crippen molar-refractivity contribution in [3.8, 4) is 17.6 Å². The van der Waals surface area contributed by atoms with E-state index in [1.54, 1.807) is 30.3 Å². The van der Waals surface area contributed by atoms with E-state index in [1.807, 2.05) is 12.1 Å². The molecule has 0 heterocycles. The number of nitrogen functional groups attached to an aromatic ring is 1. The van der Waals surface area contributed by atoms with E-state index in [-0.39, 0.29) is 0 Å². The SMILES string of the molecule is N#Cc1ccc(N)c(Oc2ccc(Br)cc2Cl)c1. The van der Waals surface area contributed by atoms with Crippen molar-refractivity contribution in [2.24, 2.45) is 0 Å². The summed E-state index contributed by atoms with van der Waals surface area (Å²) in [4.78, 5) is 0. The van der Waals surface area contributed by atoms with E-state index in [9.17, 15) is 0 Å². The smallest absolute Gasteiger partial charge is 0.151 e. The van der Waals surface area contributed by atoms with Gasteiger partial charge in [0.15, 0.2) is 5.75 Å². The molecule has 0 saturated heterocycles. The fourth-order valence-corrected chi connectivity index (χ4v) is 2.08. The summed E-state index contributed by atoms with van der Waals surface area (Å²) in [6.07, 6.45) is 0. The first-order valence-corrected chi connectivity index (χ1v) is 6.20. The Bertz CT molecular complexity index is 637. The van der Waals surface area contributed by atoms with Crippen molar-refractivity contribution in [3.05, 3.63) is 51.5 Å². The number of hydrogen-bond donors (Lipinski definition) is 1. The fourth-order valence-electron chi connectivity index (χ4n) is 1.37. The van der Waals surface area contributed by atoms with Gasteiger partial charge >= 0.3 is 0 Å². The summed E-state index contributed by atoms with van der Waals surface area (Å²) in [7, 11) is 0. The van der Waals surface area contributed by atoms with Gasteiger partial charge in [0.2, 0.25) is 0 Å². The molecule has 0 bridgehead atoms. The number of halogens is 2. The molecular weight excluding hydrogens is 316 g/mol. The topological polar surface area (TPSA) is 59.0 Å². The van der Waals surface area contributed by atoms with Gasteiger partial charge in [0.05, 0.1) is 22.3 Å². The lowest BCUT2D eigenvalue weighted by molar-refractivity contribution is 0.485. The molecule has 0 amide bonds. The highest BCUT2D eigenvalue weighted by Gasteiger charge is 2.07. The summed E-state index contributed by atoms with van der Waals surface area (Å²) in [5.74, 6) is 0.903. The van der Waals surface area contributed by atoms with E-state index in [0.29, 0.717) is 27.8 Å². The minimum atomic E-state index is 0.415. The summed E-state index contributed by atoms with van der Waals surface area (Å²) >= 11 is 9.36. The molecule has 0 unspecified atom stereocenters. The number of nitrogens with zero attached hydrogens (tertiary/aromatic N) is 1. The van der Waals surface area contributed by atoms with Crippen LogP contribution in [-0.2, 0) is 0 Å². The maximum Gasteiger partial charge on any atom is 0.151 e. The molecule has 3 nitrogen and oxygen atoms in total. The first-order chi connectivity index (χ1) is 8.60. The Balaban J connectivity index is 2.37. The molecule has 5 heteroatoms. The monoisotopic (exact) mass is 322 g/mol. The van der Waals surface area contributed by atoms with Gasteiger partial charge < -0.3 is 10.5 Å². The Morgan fingerprint density at radius 3 is 2.61 bits per heavy atom. The lowest BCUT2D eigenvalue weighted by Crippen LogP contribution is -1.93. The van der Waals surface area contributed by atoms with Crippen molar-refractivity contribution in [1.82, 2.24) is 0 Å². The number of nitrogens with two attached hydrogens (primary N) is 1. The standard InChI is InChI=1S/C13H8BrClN2O/c14-9-2-4-12(10(15)6-9)18-13-5-8(7-16)1-3-11(13)17/h1-6H,17H2. The average Bonchev–Trinajstić information content (AvgIpc) is 2.35. The molecule has 2 aromatic rings. The molecule has 0 spiro atoms. The number of ether oxygens (including phenoxy) is 1. The van der Waals surface area contributed by atoms with E-state index in [0.717, 1.165) is 4.47 Å². The first kappa shape index (κ1) is 12.7. The summed E-state index contributed by atoms with van der Waals surface area (Å²) < 4.78 is 6.47. The maximum absolute atomic E-state index is 8.83. The van der Waals surface area contributed by atoms with Gasteiger partial charge in [0.25, 0.3) is 0 Å². The van der Waals surface area contributed by atoms with Crippen LogP contribution >= 0.6 is 27.5 Å². The third-order valence-electron chi connectivity index (χ3n) is 2.26. The van der Waals surface area contributed by atoms with Crippen LogP contribution in [0.2, 0.25) is 5.02 Å². The van der Waals surface area contributed by atoms with Gasteiger partial charge in [-0.3, -0.25) is 0 Å². The van der Waals surface area contributed by atoms with Crippen molar-refractivity contribution in [3.63, 3.8) is 0 Å². The zero-order valence-corrected chi connectivity index (χ0v) is 11.5. The summed E-state index contributed by atoms with van der Waals surface area (Å²) in [6, 6.07) is 12.1. The number of hydrogen-bond acceptors (Lipinski definition) is 3. The average molecular weight is 324 g/mol. The van der Waals surface area contributed by atoms with Crippen molar-refractivity contribution >= 4 is 33.2 Å². The molecule has 0 saturated carbocycles. The highest BCUT2D eigenvalue weighted by atomic mass is 79.9. The molecule has 0 radical (unpaired) electrons. The van der Waals surface area contributed by atoms with E-state index < -0.39 is 0 Å². The summed E-state index contributed by atoms with van der Waals surface area (Å²) in [6.45, 7) is 0. The largest absolute Gasteiger partial charge is 0.454 e. The zero-order chi connectivity index (χ0) is 13.1. The molecule has 18 heavy (non-hydrogen) atoms. The maximum atomic E-state index is 8.83. The van der Waals surface area contributed by atoms with Crippen LogP contribution < -0.4 is 10.5 Å². The predicted octanol–water partition coefficient (Wildman–Crippen LogP) is 4.35. The van der Waals surface area contributed by atoms with Crippen LogP contribution in [-0.4, -0.2) is 0 Å². The molecule has 0 aliphatic carbocycles. The summed E-state index contributed by atoms with van der Waals surface area (Å²) in [5.41, 5.74) is 6.72. The van der Waals surface area contributed by atoms with Gasteiger partial charge in [-0.25, -0.2) is 0 Å². The van der Waals surface area contributed by atoms with Crippen molar-refractivity contribution in [2.75, 3.05) is 5.73 Å². The number of benzene rings is 2. The normalized spacial score (nSPS) is 9.83. The zero-order valence-electron chi connectivity index (χ0n) is 9.15. The van der Waals surface area contributed by atoms with E-state index >= 15 is 0 Å². The van der Waals surface area contributed by atoms with Gasteiger partial charge in [-0.2, -0.15) is 5.26 Å². The Morgan fingerprint density at radius 2 is 1.94 bits per heavy atom. The third-order valence-corrected chi connectivity index (χ3v) is 3.05. The second-order valence-corrected chi connectivity index (χ2v) is 4.86. The van der Waals surface area contributed by atoms with Crippen LogP contribution in [0.15, 0.2) is 40.9 Å². The lowest BCUT2D eigenvalue weighted by Gasteiger charge is -2.10. The van der Waals surface area contributed by atoms with Gasteiger partial charge in [0.1, 0.15) is 5.75 Å². The van der Waals surface area contributed by atoms with Gasteiger partial charge in [0, 0.05) is 10.5 Å². The van der Waals surface area contributed by atoms with E-state index in [2.05, 4.69) is 15.9 Å². The Morgan fingerprint density at radius 1 is 1.17 bits per heavy atom. The van der Waals surface area contributed by atoms with Crippen LogP contribution in [0.25, 0.3) is 0 Å². The third kappa shape index (κ3) is 2.76. The minimum Gasteiger partial charge on any atom is -0.454 e. The van der Waals surface area contributed by atoms with Gasteiger partial charge in [-0.15, -0.1) is 0 Å². The molecule has 2 rings (SSSR count). The van der Waals surface area contributed by atoms with E-state index in [1.165, 1.54) is 0 Å². The minimum absolute atomic E-state index is 0.415. The van der Waals surface area contributed by atoms with Crippen LogP contribution in [0.1, 0.15) is 5.56 Å². The molecule has 0 fully saturated rings. The molecule has 2 aromatic carbocycles. The van der Waals surface area contributed by atoms with E-state index in [4.69, 9.17) is 27.3 Å². The van der Waals surface area contributed by atoms with Crippen LogP contribution in [0, 0.1) is 11.3 Å². The molecule has 2 N–H and O–H groups in total. The predicted molar refractivity (Wildman–Crippen MR) is 74.8 cm³/mol. The molecule has 90 valence electrons. The molecule has 0 aromatic heterocycles. The molecule has 0 aliphatic rings. The second-order valence-electron chi connectivity index (χ2n) is 3.54. The number of nitriles is 1. The fraction of sp³-hybridized carbons (Fsp3) is 0.